The van der Waals surface area contributed by atoms with Crippen molar-refractivity contribution in [1.29, 1.82) is 0 Å². The van der Waals surface area contributed by atoms with E-state index in [2.05, 4.69) is 11.3 Å². The normalized spacial score (nSPS) is 9.93. The van der Waals surface area contributed by atoms with Gasteiger partial charge in [0.05, 0.1) is 6.61 Å². The van der Waals surface area contributed by atoms with Gasteiger partial charge in [-0.1, -0.05) is 26.0 Å². The van der Waals surface area contributed by atoms with Gasteiger partial charge in [0, 0.05) is 12.2 Å². The summed E-state index contributed by atoms with van der Waals surface area (Å²) in [5.41, 5.74) is 0. The van der Waals surface area contributed by atoms with Crippen molar-refractivity contribution in [1.82, 2.24) is 0 Å². The molecule has 0 bridgehead atoms. The van der Waals surface area contributed by atoms with Crippen molar-refractivity contribution >= 4 is 11.9 Å². The number of unbranched alkanes of at least 4 members (excludes halogenated alkanes) is 1. The summed E-state index contributed by atoms with van der Waals surface area (Å²) in [6.45, 7) is 5.89. The highest BCUT2D eigenvalue weighted by Gasteiger charge is 1.99. The van der Waals surface area contributed by atoms with Crippen molar-refractivity contribution < 1.29 is 19.1 Å². The van der Waals surface area contributed by atoms with Gasteiger partial charge in [0.1, 0.15) is 6.61 Å². The zero-order valence-electron chi connectivity index (χ0n) is 8.90. The van der Waals surface area contributed by atoms with Gasteiger partial charge in [-0.05, 0) is 6.42 Å². The Balaban J connectivity index is 3.69. The van der Waals surface area contributed by atoms with Crippen molar-refractivity contribution in [3.8, 4) is 0 Å². The second-order valence-corrected chi connectivity index (χ2v) is 2.77. The monoisotopic (exact) mass is 212 g/mol. The molecule has 0 fully saturated rings. The van der Waals surface area contributed by atoms with Gasteiger partial charge >= 0.3 is 11.9 Å². The lowest BCUT2D eigenvalue weighted by Gasteiger charge is -1.99. The van der Waals surface area contributed by atoms with Crippen LogP contribution in [0.1, 0.15) is 19.8 Å². The summed E-state index contributed by atoms with van der Waals surface area (Å²) < 4.78 is 9.40. The molecule has 0 unspecified atom stereocenters. The van der Waals surface area contributed by atoms with Gasteiger partial charge in [-0.2, -0.15) is 0 Å². The highest BCUT2D eigenvalue weighted by Crippen LogP contribution is 1.90. The maximum absolute atomic E-state index is 11.0. The number of hydrogen-bond acceptors (Lipinski definition) is 4. The third-order valence-corrected chi connectivity index (χ3v) is 1.44. The van der Waals surface area contributed by atoms with Gasteiger partial charge in [-0.25, -0.2) is 9.59 Å². The van der Waals surface area contributed by atoms with E-state index in [1.807, 2.05) is 6.92 Å². The Hall–Kier alpha value is -1.58. The lowest BCUT2D eigenvalue weighted by Crippen LogP contribution is -2.05. The Kier molecular flexibility index (Phi) is 8.05. The van der Waals surface area contributed by atoms with Crippen molar-refractivity contribution in [2.24, 2.45) is 0 Å². The van der Waals surface area contributed by atoms with Gasteiger partial charge < -0.3 is 9.47 Å². The van der Waals surface area contributed by atoms with Gasteiger partial charge in [0.25, 0.3) is 0 Å². The summed E-state index contributed by atoms with van der Waals surface area (Å²) in [6.07, 6.45) is 5.32. The summed E-state index contributed by atoms with van der Waals surface area (Å²) >= 11 is 0. The third kappa shape index (κ3) is 8.74. The lowest BCUT2D eigenvalue weighted by molar-refractivity contribution is -0.140. The predicted octanol–water partition coefficient (Wildman–Crippen LogP) is 1.62. The second-order valence-electron chi connectivity index (χ2n) is 2.77. The number of carbonyl (C=O) groups is 2. The van der Waals surface area contributed by atoms with Crippen LogP contribution in [0.2, 0.25) is 0 Å². The van der Waals surface area contributed by atoms with Gasteiger partial charge in [0.15, 0.2) is 0 Å². The van der Waals surface area contributed by atoms with Crippen LogP contribution in [0, 0.1) is 0 Å². The molecule has 0 rings (SSSR count). The smallest absolute Gasteiger partial charge is 0.331 e. The van der Waals surface area contributed by atoms with Gasteiger partial charge in [-0.3, -0.25) is 0 Å². The quantitative estimate of drug-likeness (QED) is 0.278. The number of carbonyl (C=O) groups excluding carboxylic acids is 2. The fourth-order valence-electron chi connectivity index (χ4n) is 0.690. The van der Waals surface area contributed by atoms with E-state index in [0.29, 0.717) is 6.61 Å². The van der Waals surface area contributed by atoms with Crippen molar-refractivity contribution in [3.63, 3.8) is 0 Å². The first-order valence-electron chi connectivity index (χ1n) is 4.83. The van der Waals surface area contributed by atoms with E-state index < -0.39 is 11.9 Å². The maximum Gasteiger partial charge on any atom is 0.331 e. The minimum atomic E-state index is -0.581. The van der Waals surface area contributed by atoms with E-state index >= 15 is 0 Å². The van der Waals surface area contributed by atoms with Gasteiger partial charge in [-0.15, -0.1) is 0 Å². The van der Waals surface area contributed by atoms with Crippen LogP contribution in [0.25, 0.3) is 0 Å². The molecule has 4 nitrogen and oxygen atoms in total. The molecule has 0 aromatic carbocycles. The van der Waals surface area contributed by atoms with E-state index in [1.165, 1.54) is 6.08 Å². The molecule has 0 aliphatic heterocycles. The Labute approximate surface area is 89.6 Å². The topological polar surface area (TPSA) is 52.6 Å². The van der Waals surface area contributed by atoms with Crippen LogP contribution in [0.15, 0.2) is 24.8 Å². The number of rotatable bonds is 7. The summed E-state index contributed by atoms with van der Waals surface area (Å²) in [5.74, 6) is -1.11. The minimum absolute atomic E-state index is 0.133. The molecule has 0 aromatic rings. The lowest BCUT2D eigenvalue weighted by atomic mass is 10.4. The first-order chi connectivity index (χ1) is 7.20. The third-order valence-electron chi connectivity index (χ3n) is 1.44. The van der Waals surface area contributed by atoms with E-state index in [0.717, 1.165) is 25.0 Å². The first-order valence-corrected chi connectivity index (χ1v) is 4.83. The molecule has 15 heavy (non-hydrogen) atoms. The zero-order chi connectivity index (χ0) is 11.5. The van der Waals surface area contributed by atoms with Gasteiger partial charge in [0.2, 0.25) is 0 Å². The molecule has 84 valence electrons. The first kappa shape index (κ1) is 13.4. The van der Waals surface area contributed by atoms with E-state index in [9.17, 15) is 9.59 Å². The van der Waals surface area contributed by atoms with Crippen LogP contribution in [0.5, 0.6) is 0 Å². The van der Waals surface area contributed by atoms with Crippen molar-refractivity contribution in [3.05, 3.63) is 24.8 Å². The van der Waals surface area contributed by atoms with Crippen LogP contribution in [-0.4, -0.2) is 25.2 Å². The average molecular weight is 212 g/mol. The summed E-state index contributed by atoms with van der Waals surface area (Å²) in [6, 6.07) is 0. The Morgan fingerprint density at radius 1 is 1.20 bits per heavy atom. The molecule has 0 saturated carbocycles. The van der Waals surface area contributed by atoms with Crippen LogP contribution in [0.4, 0.5) is 0 Å². The Morgan fingerprint density at radius 2 is 1.80 bits per heavy atom. The summed E-state index contributed by atoms with van der Waals surface area (Å²) in [4.78, 5) is 21.8. The summed E-state index contributed by atoms with van der Waals surface area (Å²) in [5, 5.41) is 0. The standard InChI is InChI=1S/C11H16O4/c1-3-5-9-15-11(13)7-6-10(12)14-8-4-2/h4,6-7H,2-3,5,8-9H2,1H3/b7-6+. The number of esters is 2. The molecule has 0 amide bonds. The molecule has 0 saturated heterocycles. The van der Waals surface area contributed by atoms with E-state index in [4.69, 9.17) is 4.74 Å². The molecule has 0 heterocycles. The van der Waals surface area contributed by atoms with E-state index in [-0.39, 0.29) is 6.61 Å². The molecule has 0 aliphatic rings. The van der Waals surface area contributed by atoms with Crippen LogP contribution in [-0.2, 0) is 19.1 Å². The maximum atomic E-state index is 11.0. The molecule has 0 atom stereocenters. The predicted molar refractivity (Wildman–Crippen MR) is 56.2 cm³/mol. The minimum Gasteiger partial charge on any atom is -0.463 e. The van der Waals surface area contributed by atoms with E-state index in [1.54, 1.807) is 0 Å². The van der Waals surface area contributed by atoms with Crippen LogP contribution >= 0.6 is 0 Å². The number of ether oxygens (including phenoxy) is 2. The average Bonchev–Trinajstić information content (AvgIpc) is 2.24. The van der Waals surface area contributed by atoms with Crippen LogP contribution in [0.3, 0.4) is 0 Å². The number of hydrogen-bond donors (Lipinski definition) is 0. The fourth-order valence-corrected chi connectivity index (χ4v) is 0.690. The Bertz CT molecular complexity index is 243. The molecule has 0 N–H and O–H groups in total. The molecule has 4 heteroatoms. The molecule has 0 aliphatic carbocycles. The largest absolute Gasteiger partial charge is 0.463 e. The zero-order valence-corrected chi connectivity index (χ0v) is 8.90. The summed E-state index contributed by atoms with van der Waals surface area (Å²) in [7, 11) is 0. The second kappa shape index (κ2) is 8.99. The highest BCUT2D eigenvalue weighted by molar-refractivity contribution is 5.91. The van der Waals surface area contributed by atoms with Crippen molar-refractivity contribution in [2.45, 2.75) is 19.8 Å². The SMILES string of the molecule is C=CCOC(=O)/C=C/C(=O)OCCCC. The Morgan fingerprint density at radius 3 is 2.33 bits per heavy atom. The van der Waals surface area contributed by atoms with Crippen LogP contribution < -0.4 is 0 Å². The highest BCUT2D eigenvalue weighted by atomic mass is 16.5. The fraction of sp³-hybridized carbons (Fsp3) is 0.455. The van der Waals surface area contributed by atoms with Crippen molar-refractivity contribution in [2.75, 3.05) is 13.2 Å². The molecule has 0 radical (unpaired) electrons. The molecular formula is C11H16O4. The molecule has 0 spiro atoms. The molecule has 0 aromatic heterocycles. The molecular weight excluding hydrogens is 196 g/mol.